The van der Waals surface area contributed by atoms with Gasteiger partial charge in [-0.15, -0.1) is 0 Å². The minimum absolute atomic E-state index is 0.0861. The number of ether oxygens (including phenoxy) is 1. The third kappa shape index (κ3) is 17.4. The molecule has 1 aliphatic heterocycles. The number of benzene rings is 3. The molecule has 24 heteroatoms. The van der Waals surface area contributed by atoms with Gasteiger partial charge in [-0.05, 0) is 61.1 Å². The average molecular weight is 1090 g/mol. The van der Waals surface area contributed by atoms with E-state index >= 15 is 4.39 Å². The summed E-state index contributed by atoms with van der Waals surface area (Å²) in [6, 6.07) is 14.5. The van der Waals surface area contributed by atoms with E-state index in [1.807, 2.05) is 12.1 Å². The molecule has 4 aromatic rings. The van der Waals surface area contributed by atoms with Gasteiger partial charge in [0, 0.05) is 61.3 Å². The SMILES string of the molecule is [2H]N(C(=O)OCc1ccccc1)[C@@H](C)C(=O)N[C@@H](C)C(=O)N[C@@H](CC(=O)O)C(=O)N[C@@H](CCN(C(=O)CO)[C@@H](c1cc(-c2cc(F)ccc2F)cn1Cc1ccccc1)C(C)(C)C)C(=O)NCCNC(=O)CN1C(=O)C=CC1=O. The largest absolute Gasteiger partial charge is 0.481 e. The number of carboxylic acids is 1. The number of carbonyl (C=O) groups excluding carboxylic acids is 9. The van der Waals surface area contributed by atoms with Crippen molar-refractivity contribution in [1.82, 2.24) is 46.3 Å². The van der Waals surface area contributed by atoms with Crippen LogP contribution in [0.1, 0.15) is 70.3 Å². The Balaban J connectivity index is 1.40. The first-order valence-electron chi connectivity index (χ1n) is 25.1. The second-order valence-electron chi connectivity index (χ2n) is 19.2. The summed E-state index contributed by atoms with van der Waals surface area (Å²) in [5.74, 6) is -10.4. The minimum atomic E-state index is -1.93. The van der Waals surface area contributed by atoms with Crippen LogP contribution in [-0.4, -0.2) is 141 Å². The molecule has 1 aromatic heterocycles. The van der Waals surface area contributed by atoms with Crippen molar-refractivity contribution in [2.75, 3.05) is 32.8 Å². The summed E-state index contributed by atoms with van der Waals surface area (Å²) in [4.78, 5) is 132. The zero-order valence-electron chi connectivity index (χ0n) is 44.5. The number of nitrogens with one attached hydrogen (secondary N) is 6. The van der Waals surface area contributed by atoms with Gasteiger partial charge in [0.25, 0.3) is 11.8 Å². The molecule has 416 valence electrons. The Morgan fingerprint density at radius 2 is 1.36 bits per heavy atom. The topological polar surface area (TPSA) is 304 Å². The quantitative estimate of drug-likeness (QED) is 0.0331. The van der Waals surface area contributed by atoms with Crippen LogP contribution in [0.5, 0.6) is 0 Å². The molecule has 0 aliphatic carbocycles. The number of carbonyl (C=O) groups is 10. The van der Waals surface area contributed by atoms with Gasteiger partial charge in [0.15, 0.2) is 1.41 Å². The van der Waals surface area contributed by atoms with Gasteiger partial charge in [-0.1, -0.05) is 81.4 Å². The number of hydrogen-bond donors (Lipinski definition) is 8. The van der Waals surface area contributed by atoms with Crippen LogP contribution in [0, 0.1) is 17.0 Å². The first-order chi connectivity index (χ1) is 37.4. The Kier molecular flexibility index (Phi) is 20.9. The molecule has 0 saturated carbocycles. The van der Waals surface area contributed by atoms with Gasteiger partial charge >= 0.3 is 12.1 Å². The van der Waals surface area contributed by atoms with E-state index in [9.17, 15) is 62.5 Å². The van der Waals surface area contributed by atoms with E-state index in [0.717, 1.165) is 35.9 Å². The second-order valence-corrected chi connectivity index (χ2v) is 19.2. The summed E-state index contributed by atoms with van der Waals surface area (Å²) in [5, 5.41) is 32.5. The van der Waals surface area contributed by atoms with E-state index in [1.165, 1.54) is 18.7 Å². The van der Waals surface area contributed by atoms with Crippen LogP contribution in [-0.2, 0) is 61.0 Å². The molecule has 3 aromatic carbocycles. The number of carboxylic acid groups (broad SMARTS) is 1. The summed E-state index contributed by atoms with van der Waals surface area (Å²) < 4.78 is 45.0. The molecule has 8 N–H and O–H groups in total. The molecule has 0 bridgehead atoms. The summed E-state index contributed by atoms with van der Waals surface area (Å²) in [6.45, 7) is 4.96. The maximum Gasteiger partial charge on any atom is 0.408 e. The van der Waals surface area contributed by atoms with Gasteiger partial charge in [-0.25, -0.2) is 13.6 Å². The Morgan fingerprint density at radius 3 is 1.97 bits per heavy atom. The minimum Gasteiger partial charge on any atom is -0.481 e. The third-order valence-electron chi connectivity index (χ3n) is 12.1. The lowest BCUT2D eigenvalue weighted by atomic mass is 9.82. The van der Waals surface area contributed by atoms with Crippen molar-refractivity contribution in [2.24, 2.45) is 5.41 Å². The molecular weight excluding hydrogens is 1020 g/mol. The van der Waals surface area contributed by atoms with Gasteiger partial charge < -0.3 is 56.3 Å². The molecule has 22 nitrogen and oxygen atoms in total. The lowest BCUT2D eigenvalue weighted by Crippen LogP contribution is -2.58. The fraction of sp³-hybridized carbons (Fsp3) is 0.370. The summed E-state index contributed by atoms with van der Waals surface area (Å²) in [5.41, 5.74) is 1.02. The number of aromatic nitrogens is 1. The van der Waals surface area contributed by atoms with E-state index in [-0.39, 0.29) is 42.7 Å². The molecule has 0 spiro atoms. The van der Waals surface area contributed by atoms with Crippen molar-refractivity contribution in [2.45, 2.75) is 90.8 Å². The molecule has 5 atom stereocenters. The number of halogens is 2. The van der Waals surface area contributed by atoms with E-state index in [4.69, 9.17) is 6.15 Å². The zero-order chi connectivity index (χ0) is 58.1. The number of aliphatic hydroxyl groups is 1. The van der Waals surface area contributed by atoms with Crippen LogP contribution in [0.15, 0.2) is 103 Å². The monoisotopic (exact) mass is 1080 g/mol. The maximum atomic E-state index is 15.4. The standard InChI is InChI=1S/C54H63F2N9O13/c1-32(59-49(73)33(2)60-53(77)78-31-35-14-10-7-11-15-35)50(74)62-41(26-47(71)72)52(76)61-40(51(75)58-22-21-57-43(67)29-65-44(68)18-19-45(65)69)20-23-64(46(70)30-66)48(54(3,4)5)42-24-36(38-25-37(55)16-17-39(38)56)28-63(42)27-34-12-8-6-9-13-34/h6-19,24-25,28,32-33,40-41,48,66H,20-23,26-27,29-31H2,1-5H3,(H,57,67)(H,58,75)(H,59,73)(H,60,77)(H,61,76)(H,62,74)(H,71,72)/t32-,33-,40-,41-,48-/m0/s1/i/hD. The van der Waals surface area contributed by atoms with E-state index < -0.39 is 139 Å². The Hall–Kier alpha value is -8.80. The highest BCUT2D eigenvalue weighted by Crippen LogP contribution is 2.41. The maximum absolute atomic E-state index is 15.4. The molecule has 0 radical (unpaired) electrons. The highest BCUT2D eigenvalue weighted by molar-refractivity contribution is 6.14. The van der Waals surface area contributed by atoms with Gasteiger partial charge in [0.05, 0.1) is 12.5 Å². The van der Waals surface area contributed by atoms with Crippen LogP contribution in [0.25, 0.3) is 11.1 Å². The lowest BCUT2D eigenvalue weighted by Gasteiger charge is -2.41. The Morgan fingerprint density at radius 1 is 0.756 bits per heavy atom. The van der Waals surface area contributed by atoms with Gasteiger partial charge in [-0.2, -0.15) is 0 Å². The number of hydrogen-bond acceptors (Lipinski definition) is 12. The van der Waals surface area contributed by atoms with Crippen LogP contribution >= 0.6 is 0 Å². The Labute approximate surface area is 449 Å². The van der Waals surface area contributed by atoms with Crippen molar-refractivity contribution in [3.63, 3.8) is 0 Å². The molecule has 0 fully saturated rings. The first kappa shape index (κ1) is 58.5. The molecule has 1 aliphatic rings. The molecule has 9 amide bonds. The van der Waals surface area contributed by atoms with Crippen molar-refractivity contribution in [3.8, 4) is 11.1 Å². The molecule has 0 saturated heterocycles. The summed E-state index contributed by atoms with van der Waals surface area (Å²) in [6.07, 6.45) is 0.866. The average Bonchev–Trinajstić information content (AvgIpc) is 3.96. The van der Waals surface area contributed by atoms with Gasteiger partial charge in [0.1, 0.15) is 55.6 Å². The summed E-state index contributed by atoms with van der Waals surface area (Å²) >= 11 is 0. The molecular formula is C54H63F2N9O13. The van der Waals surface area contributed by atoms with Crippen LogP contribution < -0.4 is 31.9 Å². The first-order valence-corrected chi connectivity index (χ1v) is 24.7. The van der Waals surface area contributed by atoms with Crippen molar-refractivity contribution in [1.29, 1.82) is 0 Å². The second kappa shape index (κ2) is 27.8. The van der Waals surface area contributed by atoms with Crippen molar-refractivity contribution in [3.05, 3.63) is 132 Å². The molecule has 0 unspecified atom stereocenters. The van der Waals surface area contributed by atoms with Gasteiger partial charge in [-0.3, -0.25) is 48.1 Å². The molecule has 2 heterocycles. The van der Waals surface area contributed by atoms with Gasteiger partial charge in [0.2, 0.25) is 35.4 Å². The number of alkyl carbamates (subject to hydrolysis) is 1. The van der Waals surface area contributed by atoms with Crippen molar-refractivity contribution >= 4 is 59.3 Å². The fourth-order valence-corrected chi connectivity index (χ4v) is 8.26. The van der Waals surface area contributed by atoms with E-state index in [0.29, 0.717) is 16.2 Å². The molecule has 78 heavy (non-hydrogen) atoms. The number of aliphatic hydroxyl groups excluding tert-OH is 1. The highest BCUT2D eigenvalue weighted by atomic mass is 19.1. The van der Waals surface area contributed by atoms with Crippen LogP contribution in [0.4, 0.5) is 13.6 Å². The smallest absolute Gasteiger partial charge is 0.408 e. The fourth-order valence-electron chi connectivity index (χ4n) is 8.26. The number of nitrogens with zero attached hydrogens (tertiary/aromatic N) is 3. The lowest BCUT2D eigenvalue weighted by molar-refractivity contribution is -0.142. The normalized spacial score (nSPS) is 14.2. The zero-order valence-corrected chi connectivity index (χ0v) is 43.5. The number of aliphatic carboxylic acids is 1. The number of rotatable bonds is 26. The Bertz CT molecular complexity index is 2900. The van der Waals surface area contributed by atoms with E-state index in [2.05, 4.69) is 26.6 Å². The summed E-state index contributed by atoms with van der Waals surface area (Å²) in [7, 11) is 0. The van der Waals surface area contributed by atoms with Crippen LogP contribution in [0.3, 0.4) is 0 Å². The predicted octanol–water partition coefficient (Wildman–Crippen LogP) is 2.20. The van der Waals surface area contributed by atoms with E-state index in [1.54, 1.807) is 86.1 Å². The molecule has 5 rings (SSSR count). The highest BCUT2D eigenvalue weighted by Gasteiger charge is 2.39. The van der Waals surface area contributed by atoms with Crippen molar-refractivity contribution < 1.29 is 73.1 Å². The predicted molar refractivity (Wildman–Crippen MR) is 276 cm³/mol. The number of amides is 9. The third-order valence-corrected chi connectivity index (χ3v) is 12.1. The number of imide groups is 1. The van der Waals surface area contributed by atoms with Crippen LogP contribution in [0.2, 0.25) is 1.41 Å².